The summed E-state index contributed by atoms with van der Waals surface area (Å²) >= 11 is 0. The number of benzene rings is 2. The Hall–Kier alpha value is -3.14. The van der Waals surface area contributed by atoms with Crippen molar-refractivity contribution in [3.63, 3.8) is 0 Å². The van der Waals surface area contributed by atoms with E-state index in [0.717, 1.165) is 56.1 Å². The van der Waals surface area contributed by atoms with Gasteiger partial charge in [0.1, 0.15) is 11.6 Å². The first-order valence-corrected chi connectivity index (χ1v) is 9.74. The van der Waals surface area contributed by atoms with Gasteiger partial charge in [-0.3, -0.25) is 0 Å². The van der Waals surface area contributed by atoms with Crippen molar-refractivity contribution in [3.05, 3.63) is 76.9 Å². The van der Waals surface area contributed by atoms with Crippen molar-refractivity contribution in [2.75, 3.05) is 0 Å². The molecule has 0 amide bonds. The lowest BCUT2D eigenvalue weighted by Crippen LogP contribution is -1.92. The number of rotatable bonds is 4. The lowest BCUT2D eigenvalue weighted by molar-refractivity contribution is 0.393. The standard InChI is InChI=1S/C24H23N3O/c1-13-5-7-17(8-6-13)14(2)20-11-19(22-15(3)27-28-16(22)4)12-21-23(20)26-24(25-21)18-9-10-18/h5-8,11-12,18H,2,9-10H2,1,3-4H3,(H,25,26). The molecule has 0 bridgehead atoms. The molecule has 28 heavy (non-hydrogen) atoms. The van der Waals surface area contributed by atoms with Crippen molar-refractivity contribution in [3.8, 4) is 11.1 Å². The number of nitrogens with one attached hydrogen (secondary N) is 1. The van der Waals surface area contributed by atoms with Gasteiger partial charge in [0, 0.05) is 17.0 Å². The molecule has 2 aromatic carbocycles. The van der Waals surface area contributed by atoms with Crippen LogP contribution in [0.4, 0.5) is 0 Å². The number of aromatic nitrogens is 3. The Bertz CT molecular complexity index is 1190. The molecule has 1 N–H and O–H groups in total. The summed E-state index contributed by atoms with van der Waals surface area (Å²) in [6.07, 6.45) is 2.43. The van der Waals surface area contributed by atoms with Crippen molar-refractivity contribution in [2.45, 2.75) is 39.5 Å². The lowest BCUT2D eigenvalue weighted by atomic mass is 9.93. The maximum Gasteiger partial charge on any atom is 0.141 e. The van der Waals surface area contributed by atoms with Gasteiger partial charge in [0.2, 0.25) is 0 Å². The van der Waals surface area contributed by atoms with Crippen LogP contribution >= 0.6 is 0 Å². The quantitative estimate of drug-likeness (QED) is 0.474. The molecule has 1 fully saturated rings. The number of fused-ring (bicyclic) bond motifs is 1. The molecule has 0 spiro atoms. The number of aryl methyl sites for hydroxylation is 3. The number of imidazole rings is 1. The number of hydrogen-bond donors (Lipinski definition) is 1. The number of hydrogen-bond acceptors (Lipinski definition) is 3. The highest BCUT2D eigenvalue weighted by Crippen LogP contribution is 2.41. The summed E-state index contributed by atoms with van der Waals surface area (Å²) < 4.78 is 5.41. The molecule has 0 radical (unpaired) electrons. The normalized spacial score (nSPS) is 14.0. The Morgan fingerprint density at radius 2 is 1.86 bits per heavy atom. The average Bonchev–Trinajstić information content (AvgIpc) is 3.36. The Kier molecular flexibility index (Phi) is 3.76. The topological polar surface area (TPSA) is 54.7 Å². The minimum Gasteiger partial charge on any atom is -0.361 e. The maximum atomic E-state index is 5.41. The molecule has 140 valence electrons. The molecule has 0 aliphatic heterocycles. The average molecular weight is 369 g/mol. The van der Waals surface area contributed by atoms with Crippen LogP contribution in [0.1, 0.15) is 52.7 Å². The van der Waals surface area contributed by atoms with E-state index < -0.39 is 0 Å². The van der Waals surface area contributed by atoms with Gasteiger partial charge < -0.3 is 9.51 Å². The van der Waals surface area contributed by atoms with Crippen LogP contribution in [0.25, 0.3) is 27.7 Å². The zero-order valence-corrected chi connectivity index (χ0v) is 16.5. The van der Waals surface area contributed by atoms with Gasteiger partial charge in [0.05, 0.1) is 16.7 Å². The summed E-state index contributed by atoms with van der Waals surface area (Å²) in [5.74, 6) is 2.47. The summed E-state index contributed by atoms with van der Waals surface area (Å²) in [7, 11) is 0. The van der Waals surface area contributed by atoms with Gasteiger partial charge >= 0.3 is 0 Å². The van der Waals surface area contributed by atoms with Crippen molar-refractivity contribution in [2.24, 2.45) is 0 Å². The van der Waals surface area contributed by atoms with Crippen molar-refractivity contribution < 1.29 is 4.52 Å². The molecule has 1 aliphatic carbocycles. The monoisotopic (exact) mass is 369 g/mol. The summed E-state index contributed by atoms with van der Waals surface area (Å²) in [5.41, 5.74) is 9.46. The molecule has 5 rings (SSSR count). The first kappa shape index (κ1) is 17.0. The van der Waals surface area contributed by atoms with E-state index in [-0.39, 0.29) is 0 Å². The maximum absolute atomic E-state index is 5.41. The molecular weight excluding hydrogens is 346 g/mol. The number of aromatic amines is 1. The lowest BCUT2D eigenvalue weighted by Gasteiger charge is -2.11. The van der Waals surface area contributed by atoms with Gasteiger partial charge in [-0.2, -0.15) is 0 Å². The van der Waals surface area contributed by atoms with E-state index in [1.807, 2.05) is 13.8 Å². The minimum atomic E-state index is 0.565. The molecule has 2 heterocycles. The fraction of sp³-hybridized carbons (Fsp3) is 0.250. The van der Waals surface area contributed by atoms with Gasteiger partial charge in [-0.25, -0.2) is 4.98 Å². The Labute approximate surface area is 164 Å². The fourth-order valence-electron chi connectivity index (χ4n) is 3.87. The van der Waals surface area contributed by atoms with Crippen molar-refractivity contribution in [1.82, 2.24) is 15.1 Å². The first-order valence-electron chi connectivity index (χ1n) is 9.74. The van der Waals surface area contributed by atoms with E-state index in [0.29, 0.717) is 5.92 Å². The van der Waals surface area contributed by atoms with Crippen LogP contribution in [0.3, 0.4) is 0 Å². The third-order valence-electron chi connectivity index (χ3n) is 5.62. The van der Waals surface area contributed by atoms with Crippen molar-refractivity contribution in [1.29, 1.82) is 0 Å². The second-order valence-electron chi connectivity index (χ2n) is 7.86. The molecule has 4 heteroatoms. The van der Waals surface area contributed by atoms with E-state index in [1.54, 1.807) is 0 Å². The molecule has 1 aliphatic rings. The van der Waals surface area contributed by atoms with Crippen LogP contribution in [-0.4, -0.2) is 15.1 Å². The number of nitrogens with zero attached hydrogens (tertiary/aromatic N) is 2. The first-order chi connectivity index (χ1) is 13.5. The summed E-state index contributed by atoms with van der Waals surface area (Å²) in [4.78, 5) is 8.49. The summed E-state index contributed by atoms with van der Waals surface area (Å²) in [6.45, 7) is 10.5. The van der Waals surface area contributed by atoms with Gasteiger partial charge in [0.15, 0.2) is 0 Å². The van der Waals surface area contributed by atoms with Crippen LogP contribution in [0.2, 0.25) is 0 Å². The Balaban J connectivity index is 1.73. The smallest absolute Gasteiger partial charge is 0.141 e. The highest BCUT2D eigenvalue weighted by molar-refractivity contribution is 5.97. The van der Waals surface area contributed by atoms with Gasteiger partial charge in [-0.1, -0.05) is 41.6 Å². The third-order valence-corrected chi connectivity index (χ3v) is 5.62. The molecule has 0 unspecified atom stereocenters. The van der Waals surface area contributed by atoms with Gasteiger partial charge in [0.25, 0.3) is 0 Å². The molecule has 0 saturated heterocycles. The zero-order chi connectivity index (χ0) is 19.4. The second kappa shape index (κ2) is 6.20. The van der Waals surface area contributed by atoms with Gasteiger partial charge in [-0.05, 0) is 62.4 Å². The molecular formula is C24H23N3O. The predicted molar refractivity (Wildman–Crippen MR) is 112 cm³/mol. The van der Waals surface area contributed by atoms with E-state index >= 15 is 0 Å². The SMILES string of the molecule is C=C(c1ccc(C)cc1)c1cc(-c2c(C)noc2C)cc2nc(C3CC3)[nH]c12. The van der Waals surface area contributed by atoms with Crippen molar-refractivity contribution >= 4 is 16.6 Å². The van der Waals surface area contributed by atoms with E-state index in [9.17, 15) is 0 Å². The molecule has 4 nitrogen and oxygen atoms in total. The van der Waals surface area contributed by atoms with Crippen LogP contribution < -0.4 is 0 Å². The van der Waals surface area contributed by atoms with Crippen LogP contribution in [0, 0.1) is 20.8 Å². The zero-order valence-electron chi connectivity index (χ0n) is 16.5. The Morgan fingerprint density at radius 1 is 1.11 bits per heavy atom. The van der Waals surface area contributed by atoms with Crippen LogP contribution in [0.15, 0.2) is 47.5 Å². The van der Waals surface area contributed by atoms with Crippen LogP contribution in [-0.2, 0) is 0 Å². The highest BCUT2D eigenvalue weighted by atomic mass is 16.5. The van der Waals surface area contributed by atoms with E-state index in [1.165, 1.54) is 18.4 Å². The van der Waals surface area contributed by atoms with E-state index in [4.69, 9.17) is 9.51 Å². The second-order valence-corrected chi connectivity index (χ2v) is 7.86. The third kappa shape index (κ3) is 2.76. The molecule has 4 aromatic rings. The predicted octanol–water partition coefficient (Wildman–Crippen LogP) is 6.08. The molecule has 0 atom stereocenters. The molecule has 2 aromatic heterocycles. The highest BCUT2D eigenvalue weighted by Gasteiger charge is 2.28. The number of H-pyrrole nitrogens is 1. The van der Waals surface area contributed by atoms with Crippen LogP contribution in [0.5, 0.6) is 0 Å². The minimum absolute atomic E-state index is 0.565. The van der Waals surface area contributed by atoms with Gasteiger partial charge in [-0.15, -0.1) is 0 Å². The fourth-order valence-corrected chi connectivity index (χ4v) is 3.87. The summed E-state index contributed by atoms with van der Waals surface area (Å²) in [5, 5.41) is 4.13. The Morgan fingerprint density at radius 3 is 2.50 bits per heavy atom. The molecule has 1 saturated carbocycles. The summed E-state index contributed by atoms with van der Waals surface area (Å²) in [6, 6.07) is 12.8. The van der Waals surface area contributed by atoms with E-state index in [2.05, 4.69) is 60.0 Å². The largest absolute Gasteiger partial charge is 0.361 e.